The lowest BCUT2D eigenvalue weighted by Gasteiger charge is -2.26. The number of ether oxygens (including phenoxy) is 2. The zero-order valence-corrected chi connectivity index (χ0v) is 15.7. The van der Waals surface area contributed by atoms with Crippen molar-refractivity contribution in [3.63, 3.8) is 0 Å². The van der Waals surface area contributed by atoms with Crippen LogP contribution in [0.25, 0.3) is 0 Å². The number of halogens is 1. The van der Waals surface area contributed by atoms with Gasteiger partial charge in [-0.05, 0) is 41.7 Å². The molecule has 0 fully saturated rings. The second kappa shape index (κ2) is 6.71. The molecule has 25 heavy (non-hydrogen) atoms. The first-order chi connectivity index (χ1) is 12.1. The molecule has 0 N–H and O–H groups in total. The molecule has 1 aliphatic heterocycles. The van der Waals surface area contributed by atoms with Gasteiger partial charge in [0.2, 0.25) is 5.91 Å². The predicted octanol–water partition coefficient (Wildman–Crippen LogP) is 3.91. The van der Waals surface area contributed by atoms with E-state index in [4.69, 9.17) is 9.47 Å². The molecule has 4 rings (SSSR count). The van der Waals surface area contributed by atoms with Crippen molar-refractivity contribution < 1.29 is 14.3 Å². The Morgan fingerprint density at radius 3 is 2.72 bits per heavy atom. The molecule has 0 saturated heterocycles. The van der Waals surface area contributed by atoms with Gasteiger partial charge >= 0.3 is 0 Å². The van der Waals surface area contributed by atoms with E-state index < -0.39 is 0 Å². The van der Waals surface area contributed by atoms with E-state index in [1.165, 1.54) is 11.1 Å². The summed E-state index contributed by atoms with van der Waals surface area (Å²) < 4.78 is 12.1. The van der Waals surface area contributed by atoms with Crippen LogP contribution in [0.1, 0.15) is 29.2 Å². The van der Waals surface area contributed by atoms with E-state index in [2.05, 4.69) is 34.1 Å². The molecule has 0 radical (unpaired) electrons. The van der Waals surface area contributed by atoms with E-state index >= 15 is 0 Å². The SMILES string of the molecule is CN(C(=O)Cc1cc2c(cc1Br)OCCO2)C1CCc2ccccc21. The normalized spacial score (nSPS) is 17.9. The second-order valence-corrected chi connectivity index (χ2v) is 7.38. The zero-order valence-electron chi connectivity index (χ0n) is 14.1. The summed E-state index contributed by atoms with van der Waals surface area (Å²) in [4.78, 5) is 14.7. The molecule has 2 aliphatic rings. The number of fused-ring (bicyclic) bond motifs is 2. The number of rotatable bonds is 3. The van der Waals surface area contributed by atoms with Gasteiger partial charge < -0.3 is 14.4 Å². The lowest BCUT2D eigenvalue weighted by molar-refractivity contribution is -0.131. The highest BCUT2D eigenvalue weighted by molar-refractivity contribution is 9.10. The maximum Gasteiger partial charge on any atom is 0.227 e. The van der Waals surface area contributed by atoms with E-state index in [1.54, 1.807) is 0 Å². The van der Waals surface area contributed by atoms with Crippen LogP contribution in [0.15, 0.2) is 40.9 Å². The van der Waals surface area contributed by atoms with Crippen LogP contribution in [0.4, 0.5) is 0 Å². The summed E-state index contributed by atoms with van der Waals surface area (Å²) in [6.07, 6.45) is 2.36. The summed E-state index contributed by atoms with van der Waals surface area (Å²) in [6.45, 7) is 1.10. The summed E-state index contributed by atoms with van der Waals surface area (Å²) in [5.74, 6) is 1.55. The number of benzene rings is 2. The molecule has 1 aliphatic carbocycles. The Balaban J connectivity index is 1.53. The third-order valence-corrected chi connectivity index (χ3v) is 5.75. The van der Waals surface area contributed by atoms with Crippen LogP contribution in [0.2, 0.25) is 0 Å². The van der Waals surface area contributed by atoms with Crippen LogP contribution in [-0.4, -0.2) is 31.1 Å². The lowest BCUT2D eigenvalue weighted by atomic mass is 10.1. The van der Waals surface area contributed by atoms with Gasteiger partial charge in [0.1, 0.15) is 13.2 Å². The van der Waals surface area contributed by atoms with Gasteiger partial charge in [0.15, 0.2) is 11.5 Å². The topological polar surface area (TPSA) is 38.8 Å². The minimum absolute atomic E-state index is 0.110. The quantitative estimate of drug-likeness (QED) is 0.782. The number of carbonyl (C=O) groups is 1. The minimum Gasteiger partial charge on any atom is -0.486 e. The van der Waals surface area contributed by atoms with Crippen LogP contribution in [0, 0.1) is 0 Å². The molecule has 1 heterocycles. The first-order valence-electron chi connectivity index (χ1n) is 8.55. The number of aryl methyl sites for hydroxylation is 1. The first kappa shape index (κ1) is 16.5. The standard InChI is InChI=1S/C20H20BrNO3/c1-22(17-7-6-13-4-2-3-5-15(13)17)20(23)11-14-10-18-19(12-16(14)21)25-9-8-24-18/h2-5,10,12,17H,6-9,11H2,1H3. The molecular formula is C20H20BrNO3. The van der Waals surface area contributed by atoms with E-state index in [0.717, 1.165) is 28.6 Å². The predicted molar refractivity (Wildman–Crippen MR) is 99.1 cm³/mol. The van der Waals surface area contributed by atoms with E-state index in [9.17, 15) is 4.79 Å². The number of nitrogens with zero attached hydrogens (tertiary/aromatic N) is 1. The van der Waals surface area contributed by atoms with Crippen LogP contribution in [0.5, 0.6) is 11.5 Å². The van der Waals surface area contributed by atoms with Crippen molar-refractivity contribution in [2.45, 2.75) is 25.3 Å². The van der Waals surface area contributed by atoms with Crippen molar-refractivity contribution in [1.82, 2.24) is 4.90 Å². The van der Waals surface area contributed by atoms with E-state index in [0.29, 0.717) is 25.4 Å². The summed E-state index contributed by atoms with van der Waals surface area (Å²) in [6, 6.07) is 12.4. The molecule has 0 saturated carbocycles. The van der Waals surface area contributed by atoms with Crippen molar-refractivity contribution in [3.05, 3.63) is 57.6 Å². The molecule has 1 amide bonds. The van der Waals surface area contributed by atoms with Crippen LogP contribution < -0.4 is 9.47 Å². The smallest absolute Gasteiger partial charge is 0.227 e. The van der Waals surface area contributed by atoms with Crippen LogP contribution >= 0.6 is 15.9 Å². The third kappa shape index (κ3) is 3.13. The Morgan fingerprint density at radius 2 is 1.92 bits per heavy atom. The molecule has 0 spiro atoms. The summed E-state index contributed by atoms with van der Waals surface area (Å²) >= 11 is 3.56. The summed E-state index contributed by atoms with van der Waals surface area (Å²) in [5.41, 5.74) is 3.56. The second-order valence-electron chi connectivity index (χ2n) is 6.52. The van der Waals surface area contributed by atoms with Gasteiger partial charge in [0, 0.05) is 11.5 Å². The summed E-state index contributed by atoms with van der Waals surface area (Å²) in [5, 5.41) is 0. The molecule has 2 aromatic carbocycles. The molecule has 130 valence electrons. The highest BCUT2D eigenvalue weighted by Crippen LogP contribution is 2.37. The van der Waals surface area contributed by atoms with Gasteiger partial charge in [-0.25, -0.2) is 0 Å². The van der Waals surface area contributed by atoms with Gasteiger partial charge in [0.05, 0.1) is 12.5 Å². The molecule has 1 unspecified atom stereocenters. The summed E-state index contributed by atoms with van der Waals surface area (Å²) in [7, 11) is 1.90. The Bertz CT molecular complexity index is 821. The zero-order chi connectivity index (χ0) is 17.4. The van der Waals surface area contributed by atoms with Crippen molar-refractivity contribution in [2.24, 2.45) is 0 Å². The first-order valence-corrected chi connectivity index (χ1v) is 9.34. The molecule has 1 atom stereocenters. The van der Waals surface area contributed by atoms with Crippen LogP contribution in [-0.2, 0) is 17.6 Å². The molecule has 2 aromatic rings. The monoisotopic (exact) mass is 401 g/mol. The van der Waals surface area contributed by atoms with Crippen molar-refractivity contribution in [1.29, 1.82) is 0 Å². The number of amides is 1. The van der Waals surface area contributed by atoms with Gasteiger partial charge in [0.25, 0.3) is 0 Å². The number of hydrogen-bond acceptors (Lipinski definition) is 3. The lowest BCUT2D eigenvalue weighted by Crippen LogP contribution is -2.31. The fourth-order valence-corrected chi connectivity index (χ4v) is 4.10. The Labute approximate surface area is 155 Å². The largest absolute Gasteiger partial charge is 0.486 e. The Kier molecular flexibility index (Phi) is 4.42. The molecule has 5 heteroatoms. The van der Waals surface area contributed by atoms with Gasteiger partial charge in [-0.2, -0.15) is 0 Å². The minimum atomic E-state index is 0.110. The third-order valence-electron chi connectivity index (χ3n) is 5.02. The van der Waals surface area contributed by atoms with Crippen molar-refractivity contribution in [3.8, 4) is 11.5 Å². The Hall–Kier alpha value is -2.01. The maximum absolute atomic E-state index is 12.9. The Morgan fingerprint density at radius 1 is 1.20 bits per heavy atom. The highest BCUT2D eigenvalue weighted by atomic mass is 79.9. The molecule has 0 bridgehead atoms. The molecule has 4 nitrogen and oxygen atoms in total. The van der Waals surface area contributed by atoms with Gasteiger partial charge in [-0.3, -0.25) is 4.79 Å². The van der Waals surface area contributed by atoms with Crippen molar-refractivity contribution >= 4 is 21.8 Å². The maximum atomic E-state index is 12.9. The number of likely N-dealkylation sites (N-methyl/N-ethyl adjacent to an activating group) is 1. The average Bonchev–Trinajstić information content (AvgIpc) is 3.05. The fraction of sp³-hybridized carbons (Fsp3) is 0.350. The number of hydrogen-bond donors (Lipinski definition) is 0. The fourth-order valence-electron chi connectivity index (χ4n) is 3.64. The van der Waals surface area contributed by atoms with E-state index in [-0.39, 0.29) is 11.9 Å². The highest BCUT2D eigenvalue weighted by Gasteiger charge is 2.28. The van der Waals surface area contributed by atoms with Crippen molar-refractivity contribution in [2.75, 3.05) is 20.3 Å². The van der Waals surface area contributed by atoms with Gasteiger partial charge in [-0.1, -0.05) is 40.2 Å². The van der Waals surface area contributed by atoms with E-state index in [1.807, 2.05) is 30.1 Å². The number of carbonyl (C=O) groups excluding carboxylic acids is 1. The molecular weight excluding hydrogens is 382 g/mol. The average molecular weight is 402 g/mol. The molecule has 0 aromatic heterocycles. The van der Waals surface area contributed by atoms with Gasteiger partial charge in [-0.15, -0.1) is 0 Å². The van der Waals surface area contributed by atoms with Crippen LogP contribution in [0.3, 0.4) is 0 Å².